The Morgan fingerprint density at radius 2 is 1.07 bits per heavy atom. The minimum Gasteiger partial charge on any atom is -0.296 e. The van der Waals surface area contributed by atoms with Gasteiger partial charge < -0.3 is 0 Å². The van der Waals surface area contributed by atoms with Crippen molar-refractivity contribution in [2.75, 3.05) is 0 Å². The summed E-state index contributed by atoms with van der Waals surface area (Å²) in [4.78, 5) is 4.88. The van der Waals surface area contributed by atoms with Crippen LogP contribution in [0, 0.1) is 0 Å². The predicted octanol–water partition coefficient (Wildman–Crippen LogP) is 11.0. The number of hydrogen-bond acceptors (Lipinski definition) is 1. The first-order valence-corrected chi connectivity index (χ1v) is 15.0. The lowest BCUT2D eigenvalue weighted by Crippen LogP contribution is -1.99. The average molecular weight is 549 g/mol. The zero-order valence-electron chi connectivity index (χ0n) is 23.9. The van der Waals surface area contributed by atoms with Crippen LogP contribution in [0.25, 0.3) is 81.7 Å². The fourth-order valence-electron chi connectivity index (χ4n) is 7.14. The highest BCUT2D eigenvalue weighted by Gasteiger charge is 2.14. The van der Waals surface area contributed by atoms with Crippen molar-refractivity contribution < 1.29 is 0 Å². The largest absolute Gasteiger partial charge is 0.296 e. The number of para-hydroxylation sites is 2. The Hall–Kier alpha value is -5.47. The Morgan fingerprint density at radius 1 is 0.488 bits per heavy atom. The highest BCUT2D eigenvalue weighted by atomic mass is 15.1. The maximum atomic E-state index is 4.88. The number of hydrogen-bond donors (Lipinski definition) is 0. The Labute approximate surface area is 249 Å². The third kappa shape index (κ3) is 3.57. The van der Waals surface area contributed by atoms with Crippen molar-refractivity contribution in [3.63, 3.8) is 0 Å². The summed E-state index contributed by atoms with van der Waals surface area (Å²) < 4.78 is 2.29. The van der Waals surface area contributed by atoms with E-state index in [2.05, 4.69) is 151 Å². The zero-order valence-corrected chi connectivity index (χ0v) is 23.9. The van der Waals surface area contributed by atoms with Crippen molar-refractivity contribution in [3.8, 4) is 16.8 Å². The summed E-state index contributed by atoms with van der Waals surface area (Å²) in [6.45, 7) is 2.17. The molecule has 9 aromatic rings. The van der Waals surface area contributed by atoms with Crippen LogP contribution in [0.1, 0.15) is 12.7 Å². The summed E-state index contributed by atoms with van der Waals surface area (Å²) in [5, 5.41) is 12.9. The molecule has 0 spiro atoms. The molecule has 0 aliphatic carbocycles. The molecule has 0 saturated carbocycles. The number of fused-ring (bicyclic) bond motifs is 6. The first kappa shape index (κ1) is 24.2. The lowest BCUT2D eigenvalue weighted by molar-refractivity contribution is 0.908. The second kappa shape index (κ2) is 9.27. The van der Waals surface area contributed by atoms with Gasteiger partial charge in [0.1, 0.15) is 5.82 Å². The molecule has 43 heavy (non-hydrogen) atoms. The number of aromatic nitrogens is 2. The molecule has 0 saturated heterocycles. The van der Waals surface area contributed by atoms with Gasteiger partial charge in [0.25, 0.3) is 0 Å². The second-order valence-electron chi connectivity index (χ2n) is 11.4. The van der Waals surface area contributed by atoms with Crippen LogP contribution in [-0.4, -0.2) is 9.55 Å². The van der Waals surface area contributed by atoms with Crippen molar-refractivity contribution in [1.82, 2.24) is 9.55 Å². The predicted molar refractivity (Wildman–Crippen MR) is 183 cm³/mol. The molecule has 0 bridgehead atoms. The number of benzene rings is 7. The van der Waals surface area contributed by atoms with E-state index in [0.29, 0.717) is 0 Å². The normalized spacial score (nSPS) is 11.9. The van der Waals surface area contributed by atoms with Crippen molar-refractivity contribution in [1.29, 1.82) is 0 Å². The smallest absolute Gasteiger partial charge is 0.114 e. The fraction of sp³-hybridized carbons (Fsp3) is 0.0488. The molecule has 0 aliphatic rings. The lowest BCUT2D eigenvalue weighted by Gasteiger charge is -2.14. The summed E-state index contributed by atoms with van der Waals surface area (Å²) in [6, 6.07) is 51.2. The van der Waals surface area contributed by atoms with E-state index in [1.54, 1.807) is 0 Å². The van der Waals surface area contributed by atoms with E-state index in [0.717, 1.165) is 29.0 Å². The summed E-state index contributed by atoms with van der Waals surface area (Å²) >= 11 is 0. The number of aryl methyl sites for hydroxylation is 1. The highest BCUT2D eigenvalue weighted by molar-refractivity contribution is 6.32. The Kier molecular flexibility index (Phi) is 5.21. The monoisotopic (exact) mass is 548 g/mol. The Bertz CT molecular complexity index is 2530. The van der Waals surface area contributed by atoms with Crippen LogP contribution in [0.15, 0.2) is 140 Å². The van der Waals surface area contributed by atoms with Gasteiger partial charge >= 0.3 is 0 Å². The molecular formula is C41H28N2. The first-order chi connectivity index (χ1) is 21.3. The van der Waals surface area contributed by atoms with Gasteiger partial charge in [0, 0.05) is 12.1 Å². The number of rotatable bonds is 3. The molecule has 0 unspecified atom stereocenters. The number of nitrogens with zero attached hydrogens (tertiary/aromatic N) is 2. The van der Waals surface area contributed by atoms with E-state index in [1.165, 1.54) is 65.0 Å². The standard InChI is InChI=1S/C41H28N2/c1-2-39-42-37-15-5-6-16-38(37)43(39)30-22-19-26(20-23-30)29-21-24-33-35-14-8-10-28-18-17-27-9-7-13-34(40(27)41(28)35)31-11-3-4-12-32(31)36(33)25-29/h3-25H,2H2,1H3. The Balaban J connectivity index is 1.31. The van der Waals surface area contributed by atoms with Gasteiger partial charge in [-0.05, 0) is 95.3 Å². The van der Waals surface area contributed by atoms with E-state index < -0.39 is 0 Å². The van der Waals surface area contributed by atoms with Crippen molar-refractivity contribution >= 4 is 64.9 Å². The molecule has 0 radical (unpaired) electrons. The van der Waals surface area contributed by atoms with E-state index in [-0.39, 0.29) is 0 Å². The average Bonchev–Trinajstić information content (AvgIpc) is 3.46. The minimum atomic E-state index is 0.879. The van der Waals surface area contributed by atoms with Gasteiger partial charge in [-0.1, -0.05) is 116 Å². The maximum Gasteiger partial charge on any atom is 0.114 e. The molecule has 2 heteroatoms. The summed E-state index contributed by atoms with van der Waals surface area (Å²) in [5.74, 6) is 1.08. The fourth-order valence-corrected chi connectivity index (χ4v) is 7.14. The Morgan fingerprint density at radius 3 is 1.77 bits per heavy atom. The third-order valence-corrected chi connectivity index (χ3v) is 9.11. The van der Waals surface area contributed by atoms with Gasteiger partial charge in [0.15, 0.2) is 0 Å². The van der Waals surface area contributed by atoms with Crippen molar-refractivity contribution in [2.24, 2.45) is 0 Å². The lowest BCUT2D eigenvalue weighted by atomic mass is 9.89. The molecule has 8 aromatic carbocycles. The van der Waals surface area contributed by atoms with Gasteiger partial charge in [-0.15, -0.1) is 0 Å². The summed E-state index contributed by atoms with van der Waals surface area (Å²) in [5.41, 5.74) is 5.74. The van der Waals surface area contributed by atoms with Crippen LogP contribution < -0.4 is 0 Å². The van der Waals surface area contributed by atoms with Gasteiger partial charge in [-0.3, -0.25) is 4.57 Å². The molecule has 2 nitrogen and oxygen atoms in total. The molecule has 1 aromatic heterocycles. The van der Waals surface area contributed by atoms with Gasteiger partial charge in [0.2, 0.25) is 0 Å². The third-order valence-electron chi connectivity index (χ3n) is 9.11. The molecule has 0 aliphatic heterocycles. The maximum absolute atomic E-state index is 4.88. The van der Waals surface area contributed by atoms with Crippen molar-refractivity contribution in [3.05, 3.63) is 145 Å². The van der Waals surface area contributed by atoms with Gasteiger partial charge in [-0.2, -0.15) is 0 Å². The molecule has 0 amide bonds. The van der Waals surface area contributed by atoms with Gasteiger partial charge in [0.05, 0.1) is 11.0 Å². The van der Waals surface area contributed by atoms with E-state index in [9.17, 15) is 0 Å². The van der Waals surface area contributed by atoms with Crippen molar-refractivity contribution in [2.45, 2.75) is 13.3 Å². The number of imidazole rings is 1. The quantitative estimate of drug-likeness (QED) is 0.201. The van der Waals surface area contributed by atoms with Crippen LogP contribution in [0.2, 0.25) is 0 Å². The zero-order chi connectivity index (χ0) is 28.5. The summed E-state index contributed by atoms with van der Waals surface area (Å²) in [6.07, 6.45) is 0.879. The molecule has 0 atom stereocenters. The van der Waals surface area contributed by atoms with Gasteiger partial charge in [-0.25, -0.2) is 4.98 Å². The van der Waals surface area contributed by atoms with Crippen LogP contribution >= 0.6 is 0 Å². The van der Waals surface area contributed by atoms with E-state index in [1.807, 2.05) is 0 Å². The highest BCUT2D eigenvalue weighted by Crippen LogP contribution is 2.41. The first-order valence-electron chi connectivity index (χ1n) is 15.0. The molecule has 0 fully saturated rings. The van der Waals surface area contributed by atoms with E-state index in [4.69, 9.17) is 4.98 Å². The topological polar surface area (TPSA) is 17.8 Å². The SMILES string of the molecule is CCc1nc2ccccc2n1-c1ccc(-c2ccc3c(c2)c2ccccc2c2cccc4ccc5cccc3c5c42)cc1. The molecule has 9 rings (SSSR count). The van der Waals surface area contributed by atoms with E-state index >= 15 is 0 Å². The molecule has 202 valence electrons. The second-order valence-corrected chi connectivity index (χ2v) is 11.4. The van der Waals surface area contributed by atoms with Crippen LogP contribution in [0.3, 0.4) is 0 Å². The van der Waals surface area contributed by atoms with Crippen LogP contribution in [0.5, 0.6) is 0 Å². The molecule has 0 N–H and O–H groups in total. The summed E-state index contributed by atoms with van der Waals surface area (Å²) in [7, 11) is 0. The molecular weight excluding hydrogens is 520 g/mol. The molecule has 1 heterocycles. The minimum absolute atomic E-state index is 0.879. The van der Waals surface area contributed by atoms with Crippen LogP contribution in [-0.2, 0) is 6.42 Å². The van der Waals surface area contributed by atoms with Crippen LogP contribution in [0.4, 0.5) is 0 Å².